The van der Waals surface area contributed by atoms with E-state index < -0.39 is 0 Å². The van der Waals surface area contributed by atoms with Gasteiger partial charge in [-0.2, -0.15) is 10.2 Å². The van der Waals surface area contributed by atoms with Crippen LogP contribution in [0.5, 0.6) is 0 Å². The summed E-state index contributed by atoms with van der Waals surface area (Å²) in [4.78, 5) is 30.5. The van der Waals surface area contributed by atoms with Gasteiger partial charge in [0.1, 0.15) is 18.2 Å². The summed E-state index contributed by atoms with van der Waals surface area (Å²) in [5, 5.41) is 8.57. The summed E-state index contributed by atoms with van der Waals surface area (Å²) in [6.45, 7) is 6.85. The molecule has 1 fully saturated rings. The molecule has 1 atom stereocenters. The van der Waals surface area contributed by atoms with Gasteiger partial charge in [-0.05, 0) is 39.7 Å². The van der Waals surface area contributed by atoms with Crippen LogP contribution in [-0.4, -0.2) is 48.4 Å². The highest BCUT2D eigenvalue weighted by atomic mass is 16.2. The van der Waals surface area contributed by atoms with Gasteiger partial charge in [-0.3, -0.25) is 9.59 Å². The summed E-state index contributed by atoms with van der Waals surface area (Å²) < 4.78 is 3.14. The summed E-state index contributed by atoms with van der Waals surface area (Å²) in [5.74, 6) is 1.52. The molecule has 2 aromatic rings. The molecule has 8 heteroatoms. The first-order valence-electron chi connectivity index (χ1n) is 8.16. The number of likely N-dealkylation sites (tertiary alicyclic amines) is 1. The van der Waals surface area contributed by atoms with E-state index in [1.165, 1.54) is 10.7 Å². The van der Waals surface area contributed by atoms with E-state index in [0.717, 1.165) is 24.5 Å². The molecule has 8 nitrogen and oxygen atoms in total. The Morgan fingerprint density at radius 1 is 1.25 bits per heavy atom. The summed E-state index contributed by atoms with van der Waals surface area (Å²) in [6, 6.07) is 3.22. The van der Waals surface area contributed by atoms with Crippen molar-refractivity contribution in [2.24, 2.45) is 0 Å². The number of aryl methyl sites for hydroxylation is 3. The van der Waals surface area contributed by atoms with Gasteiger partial charge in [0, 0.05) is 19.2 Å². The molecule has 0 aromatic carbocycles. The second kappa shape index (κ2) is 6.54. The van der Waals surface area contributed by atoms with Crippen molar-refractivity contribution in [2.75, 3.05) is 13.1 Å². The Labute approximate surface area is 140 Å². The third-order valence-electron chi connectivity index (χ3n) is 4.29. The Hall–Kier alpha value is -2.51. The number of hydrogen-bond acceptors (Lipinski definition) is 5. The fourth-order valence-corrected chi connectivity index (χ4v) is 3.16. The van der Waals surface area contributed by atoms with Gasteiger partial charge < -0.3 is 4.90 Å². The Morgan fingerprint density at radius 2 is 2.04 bits per heavy atom. The van der Waals surface area contributed by atoms with Gasteiger partial charge in [0.15, 0.2) is 0 Å². The number of nitrogens with zero attached hydrogens (tertiary/aromatic N) is 6. The lowest BCUT2D eigenvalue weighted by molar-refractivity contribution is -0.133. The van der Waals surface area contributed by atoms with Gasteiger partial charge in [0.05, 0.1) is 11.7 Å². The zero-order valence-corrected chi connectivity index (χ0v) is 14.3. The van der Waals surface area contributed by atoms with Crippen molar-refractivity contribution in [2.45, 2.75) is 46.2 Å². The largest absolute Gasteiger partial charge is 0.339 e. The van der Waals surface area contributed by atoms with Crippen molar-refractivity contribution in [3.63, 3.8) is 0 Å². The molecule has 0 spiro atoms. The Morgan fingerprint density at radius 3 is 2.75 bits per heavy atom. The standard InChI is InChI=1S/C16H22N6O2/c1-11-6-7-15(23)21(18-11)10-16(24)20-8-4-5-14(9-20)22-13(3)17-12(2)19-22/h6-7,14H,4-5,8-10H2,1-3H3. The van der Waals surface area contributed by atoms with Gasteiger partial charge >= 0.3 is 0 Å². The Kier molecular flexibility index (Phi) is 4.46. The maximum atomic E-state index is 12.6. The van der Waals surface area contributed by atoms with Crippen LogP contribution in [0.1, 0.15) is 36.2 Å². The van der Waals surface area contributed by atoms with Crippen molar-refractivity contribution < 1.29 is 4.79 Å². The third-order valence-corrected chi connectivity index (χ3v) is 4.29. The van der Waals surface area contributed by atoms with Crippen molar-refractivity contribution in [1.29, 1.82) is 0 Å². The number of piperidine rings is 1. The highest BCUT2D eigenvalue weighted by Crippen LogP contribution is 2.22. The van der Waals surface area contributed by atoms with Gasteiger partial charge in [0.2, 0.25) is 5.91 Å². The average Bonchev–Trinajstić information content (AvgIpc) is 2.89. The van der Waals surface area contributed by atoms with E-state index in [1.807, 2.05) is 18.5 Å². The van der Waals surface area contributed by atoms with Crippen LogP contribution in [0, 0.1) is 20.8 Å². The maximum Gasteiger partial charge on any atom is 0.267 e. The molecule has 3 rings (SSSR count). The maximum absolute atomic E-state index is 12.6. The monoisotopic (exact) mass is 330 g/mol. The van der Waals surface area contributed by atoms with Crippen LogP contribution in [0.3, 0.4) is 0 Å². The summed E-state index contributed by atoms with van der Waals surface area (Å²) >= 11 is 0. The molecule has 0 bridgehead atoms. The number of aromatic nitrogens is 5. The van der Waals surface area contributed by atoms with Crippen LogP contribution < -0.4 is 5.56 Å². The van der Waals surface area contributed by atoms with Crippen LogP contribution in [-0.2, 0) is 11.3 Å². The van der Waals surface area contributed by atoms with E-state index in [4.69, 9.17) is 0 Å². The number of carbonyl (C=O) groups is 1. The minimum atomic E-state index is -0.259. The number of hydrogen-bond donors (Lipinski definition) is 0. The molecule has 3 heterocycles. The molecule has 1 aliphatic rings. The van der Waals surface area contributed by atoms with Gasteiger partial charge in [0.25, 0.3) is 5.56 Å². The first kappa shape index (κ1) is 16.4. The van der Waals surface area contributed by atoms with Crippen LogP contribution in [0.4, 0.5) is 0 Å². The molecule has 0 radical (unpaired) electrons. The quantitative estimate of drug-likeness (QED) is 0.824. The van der Waals surface area contributed by atoms with Crippen LogP contribution in [0.25, 0.3) is 0 Å². The predicted octanol–water partition coefficient (Wildman–Crippen LogP) is 0.624. The second-order valence-corrected chi connectivity index (χ2v) is 6.26. The molecule has 1 unspecified atom stereocenters. The number of amides is 1. The van der Waals surface area contributed by atoms with Crippen LogP contribution >= 0.6 is 0 Å². The average molecular weight is 330 g/mol. The topological polar surface area (TPSA) is 85.9 Å². The predicted molar refractivity (Wildman–Crippen MR) is 87.6 cm³/mol. The molecule has 1 amide bonds. The number of carbonyl (C=O) groups excluding carboxylic acids is 1. The minimum absolute atomic E-state index is 0.0252. The van der Waals surface area contributed by atoms with Crippen LogP contribution in [0.15, 0.2) is 16.9 Å². The second-order valence-electron chi connectivity index (χ2n) is 6.26. The zero-order chi connectivity index (χ0) is 17.3. The highest BCUT2D eigenvalue weighted by molar-refractivity contribution is 5.76. The Balaban J connectivity index is 1.72. The fourth-order valence-electron chi connectivity index (χ4n) is 3.16. The third kappa shape index (κ3) is 3.37. The molecular formula is C16H22N6O2. The lowest BCUT2D eigenvalue weighted by atomic mass is 10.1. The first-order chi connectivity index (χ1) is 11.4. The number of rotatable bonds is 3. The molecule has 2 aromatic heterocycles. The SMILES string of the molecule is Cc1ccc(=O)n(CC(=O)N2CCCC(n3nc(C)nc3C)C2)n1. The molecular weight excluding hydrogens is 308 g/mol. The van der Waals surface area contributed by atoms with Gasteiger partial charge in [-0.1, -0.05) is 0 Å². The zero-order valence-electron chi connectivity index (χ0n) is 14.3. The minimum Gasteiger partial charge on any atom is -0.339 e. The smallest absolute Gasteiger partial charge is 0.267 e. The summed E-state index contributed by atoms with van der Waals surface area (Å²) in [7, 11) is 0. The van der Waals surface area contributed by atoms with Crippen molar-refractivity contribution in [3.8, 4) is 0 Å². The van der Waals surface area contributed by atoms with E-state index in [9.17, 15) is 9.59 Å². The van der Waals surface area contributed by atoms with Crippen LogP contribution in [0.2, 0.25) is 0 Å². The lowest BCUT2D eigenvalue weighted by Gasteiger charge is -2.33. The Bertz CT molecular complexity index is 809. The van der Waals surface area contributed by atoms with E-state index in [1.54, 1.807) is 17.9 Å². The van der Waals surface area contributed by atoms with E-state index >= 15 is 0 Å². The first-order valence-corrected chi connectivity index (χ1v) is 8.16. The summed E-state index contributed by atoms with van der Waals surface area (Å²) in [6.07, 6.45) is 1.88. The lowest BCUT2D eigenvalue weighted by Crippen LogP contribution is -2.44. The van der Waals surface area contributed by atoms with Gasteiger partial charge in [-0.15, -0.1) is 0 Å². The summed E-state index contributed by atoms with van der Waals surface area (Å²) in [5.41, 5.74) is 0.456. The molecule has 0 aliphatic carbocycles. The molecule has 24 heavy (non-hydrogen) atoms. The molecule has 128 valence electrons. The molecule has 1 aliphatic heterocycles. The van der Waals surface area contributed by atoms with Crippen molar-refractivity contribution in [1.82, 2.24) is 29.4 Å². The van der Waals surface area contributed by atoms with Crippen molar-refractivity contribution in [3.05, 3.63) is 39.8 Å². The van der Waals surface area contributed by atoms with E-state index in [2.05, 4.69) is 15.2 Å². The van der Waals surface area contributed by atoms with Crippen molar-refractivity contribution >= 4 is 5.91 Å². The van der Waals surface area contributed by atoms with Gasteiger partial charge in [-0.25, -0.2) is 14.3 Å². The fraction of sp³-hybridized carbons (Fsp3) is 0.562. The van der Waals surface area contributed by atoms with E-state index in [0.29, 0.717) is 18.8 Å². The highest BCUT2D eigenvalue weighted by Gasteiger charge is 2.26. The van der Waals surface area contributed by atoms with E-state index in [-0.39, 0.29) is 24.1 Å². The molecule has 0 saturated carbocycles. The normalized spacial score (nSPS) is 18.0. The molecule has 1 saturated heterocycles. The molecule has 0 N–H and O–H groups in total.